The number of unbranched alkanes of at least 4 members (excludes halogenated alkanes) is 12. The molecule has 0 spiro atoms. The SMILES string of the molecule is CCCCCCCCCCCCCCCc1cccc(OC(CC)C(=O)Nc2cccc(C(=O)C(Cl)(Cl)C(=O)Nc3ccccc3)c2)c1. The van der Waals surface area contributed by atoms with E-state index in [4.69, 9.17) is 27.9 Å². The highest BCUT2D eigenvalue weighted by atomic mass is 35.5. The molecule has 0 radical (unpaired) electrons. The number of benzene rings is 3. The van der Waals surface area contributed by atoms with E-state index in [0.29, 0.717) is 23.5 Å². The molecule has 0 aromatic heterocycles. The van der Waals surface area contributed by atoms with Gasteiger partial charge in [0.1, 0.15) is 5.75 Å². The molecule has 0 fully saturated rings. The number of anilines is 2. The number of nitrogens with one attached hydrogen (secondary N) is 2. The van der Waals surface area contributed by atoms with Crippen LogP contribution in [0.25, 0.3) is 0 Å². The summed E-state index contributed by atoms with van der Waals surface area (Å²) in [5, 5.41) is 5.37. The molecule has 3 rings (SSSR count). The summed E-state index contributed by atoms with van der Waals surface area (Å²) in [6.45, 7) is 4.14. The Kier molecular flexibility index (Phi) is 17.6. The fourth-order valence-electron chi connectivity index (χ4n) is 5.58. The number of ether oxygens (including phenoxy) is 1. The van der Waals surface area contributed by atoms with Crippen molar-refractivity contribution in [3.05, 3.63) is 90.0 Å². The smallest absolute Gasteiger partial charge is 0.269 e. The molecule has 2 amide bonds. The van der Waals surface area contributed by atoms with Gasteiger partial charge in [0, 0.05) is 16.9 Å². The minimum atomic E-state index is -2.37. The van der Waals surface area contributed by atoms with E-state index in [1.54, 1.807) is 42.5 Å². The van der Waals surface area contributed by atoms with Crippen molar-refractivity contribution in [2.24, 2.45) is 0 Å². The highest BCUT2D eigenvalue weighted by molar-refractivity contribution is 6.70. The van der Waals surface area contributed by atoms with Gasteiger partial charge in [0.25, 0.3) is 16.1 Å². The predicted octanol–water partition coefficient (Wildman–Crippen LogP) is 11.1. The number of amides is 2. The van der Waals surface area contributed by atoms with Crippen molar-refractivity contribution < 1.29 is 19.1 Å². The third kappa shape index (κ3) is 13.6. The summed E-state index contributed by atoms with van der Waals surface area (Å²) in [7, 11) is 0. The van der Waals surface area contributed by atoms with Crippen LogP contribution in [0.3, 0.4) is 0 Å². The lowest BCUT2D eigenvalue weighted by molar-refractivity contribution is -0.122. The Morgan fingerprint density at radius 2 is 1.25 bits per heavy atom. The summed E-state index contributed by atoms with van der Waals surface area (Å²) >= 11 is 12.5. The average Bonchev–Trinajstić information content (AvgIpc) is 3.09. The molecular formula is C40H52Cl2N2O4. The maximum atomic E-state index is 13.2. The Balaban J connectivity index is 1.43. The normalized spacial score (nSPS) is 11.9. The van der Waals surface area contributed by atoms with Gasteiger partial charge in [-0.2, -0.15) is 0 Å². The number of aryl methyl sites for hydroxylation is 1. The van der Waals surface area contributed by atoms with Gasteiger partial charge in [0.15, 0.2) is 6.10 Å². The molecule has 0 aliphatic carbocycles. The molecule has 0 aliphatic rings. The van der Waals surface area contributed by atoms with Gasteiger partial charge in [-0.1, -0.05) is 157 Å². The first-order chi connectivity index (χ1) is 23.2. The number of hydrogen-bond donors (Lipinski definition) is 2. The Bertz CT molecular complexity index is 1410. The van der Waals surface area contributed by atoms with Crippen molar-refractivity contribution in [3.63, 3.8) is 0 Å². The average molecular weight is 696 g/mol. The number of carbonyl (C=O) groups is 3. The Labute approximate surface area is 297 Å². The zero-order valence-electron chi connectivity index (χ0n) is 28.6. The minimum Gasteiger partial charge on any atom is -0.481 e. The van der Waals surface area contributed by atoms with Gasteiger partial charge in [-0.3, -0.25) is 14.4 Å². The highest BCUT2D eigenvalue weighted by Crippen LogP contribution is 2.29. The second-order valence-electron chi connectivity index (χ2n) is 12.4. The largest absolute Gasteiger partial charge is 0.481 e. The van der Waals surface area contributed by atoms with E-state index < -0.39 is 22.1 Å². The summed E-state index contributed by atoms with van der Waals surface area (Å²) in [6, 6.07) is 22.7. The van der Waals surface area contributed by atoms with Gasteiger partial charge in [-0.05, 0) is 61.2 Å². The topological polar surface area (TPSA) is 84.5 Å². The molecule has 0 saturated heterocycles. The summed E-state index contributed by atoms with van der Waals surface area (Å²) in [5.41, 5.74) is 2.09. The minimum absolute atomic E-state index is 0.0795. The Hall–Kier alpha value is -3.35. The molecular weight excluding hydrogens is 643 g/mol. The summed E-state index contributed by atoms with van der Waals surface area (Å²) in [4.78, 5) is 39.1. The predicted molar refractivity (Wildman–Crippen MR) is 199 cm³/mol. The monoisotopic (exact) mass is 694 g/mol. The van der Waals surface area contributed by atoms with E-state index in [1.807, 2.05) is 25.1 Å². The van der Waals surface area contributed by atoms with Gasteiger partial charge in [0.05, 0.1) is 0 Å². The van der Waals surface area contributed by atoms with Crippen molar-refractivity contribution in [3.8, 4) is 5.75 Å². The van der Waals surface area contributed by atoms with Crippen LogP contribution in [0.2, 0.25) is 0 Å². The standard InChI is InChI=1S/C40H52Cl2N2O4/c1-3-5-6-7-8-9-10-11-12-13-14-15-17-22-31-23-20-28-35(29-31)48-36(4-2)38(46)43-34-27-21-24-32(30-34)37(45)40(41,42)39(47)44-33-25-18-16-19-26-33/h16,18-21,23-30,36H,3-15,17,22H2,1-2H3,(H,43,46)(H,44,47). The van der Waals surface area contributed by atoms with E-state index in [9.17, 15) is 14.4 Å². The zero-order valence-corrected chi connectivity index (χ0v) is 30.1. The number of ketones is 1. The molecule has 3 aromatic rings. The van der Waals surface area contributed by atoms with E-state index in [-0.39, 0.29) is 11.5 Å². The number of halogens is 2. The Morgan fingerprint density at radius 3 is 1.88 bits per heavy atom. The van der Waals surface area contributed by atoms with Crippen LogP contribution in [-0.4, -0.2) is 28.0 Å². The summed E-state index contributed by atoms with van der Waals surface area (Å²) < 4.78 is 3.73. The number of Topliss-reactive ketones (excluding diaryl/α,β-unsaturated/α-hetero) is 1. The first-order valence-corrected chi connectivity index (χ1v) is 18.5. The molecule has 0 heterocycles. The fourth-order valence-corrected chi connectivity index (χ4v) is 5.90. The first kappa shape index (κ1) is 39.1. The van der Waals surface area contributed by atoms with Crippen LogP contribution >= 0.6 is 23.2 Å². The van der Waals surface area contributed by atoms with E-state index in [0.717, 1.165) is 12.8 Å². The lowest BCUT2D eigenvalue weighted by Gasteiger charge is -2.19. The molecule has 1 unspecified atom stereocenters. The van der Waals surface area contributed by atoms with Crippen LogP contribution in [-0.2, 0) is 16.0 Å². The third-order valence-electron chi connectivity index (χ3n) is 8.40. The second kappa shape index (κ2) is 21.6. The van der Waals surface area contributed by atoms with Crippen molar-refractivity contribution in [2.45, 2.75) is 121 Å². The molecule has 0 bridgehead atoms. The van der Waals surface area contributed by atoms with Gasteiger partial charge in [-0.25, -0.2) is 0 Å². The maximum absolute atomic E-state index is 13.2. The molecule has 1 atom stereocenters. The van der Waals surface area contributed by atoms with Gasteiger partial charge in [0.2, 0.25) is 5.78 Å². The first-order valence-electron chi connectivity index (χ1n) is 17.7. The van der Waals surface area contributed by atoms with Crippen molar-refractivity contribution >= 4 is 52.2 Å². The summed E-state index contributed by atoms with van der Waals surface area (Å²) in [6.07, 6.45) is 18.0. The molecule has 48 heavy (non-hydrogen) atoms. The third-order valence-corrected chi connectivity index (χ3v) is 9.09. The van der Waals surface area contributed by atoms with Crippen LogP contribution in [0, 0.1) is 0 Å². The number of rotatable bonds is 23. The molecule has 3 aromatic carbocycles. The molecule has 2 N–H and O–H groups in total. The van der Waals surface area contributed by atoms with Crippen LogP contribution in [0.1, 0.15) is 120 Å². The van der Waals surface area contributed by atoms with Crippen molar-refractivity contribution in [2.75, 3.05) is 10.6 Å². The lowest BCUT2D eigenvalue weighted by Crippen LogP contribution is -2.40. The molecule has 0 saturated carbocycles. The quantitative estimate of drug-likeness (QED) is 0.0448. The molecule has 6 nitrogen and oxygen atoms in total. The van der Waals surface area contributed by atoms with Crippen molar-refractivity contribution in [1.82, 2.24) is 0 Å². The lowest BCUT2D eigenvalue weighted by atomic mass is 10.0. The Morgan fingerprint density at radius 1 is 0.667 bits per heavy atom. The molecule has 8 heteroatoms. The van der Waals surface area contributed by atoms with Gasteiger partial charge in [-0.15, -0.1) is 0 Å². The van der Waals surface area contributed by atoms with Crippen molar-refractivity contribution in [1.29, 1.82) is 0 Å². The fraction of sp³-hybridized carbons (Fsp3) is 0.475. The maximum Gasteiger partial charge on any atom is 0.269 e. The molecule has 0 aliphatic heterocycles. The number of hydrogen-bond acceptors (Lipinski definition) is 4. The van der Waals surface area contributed by atoms with Crippen LogP contribution < -0.4 is 15.4 Å². The molecule has 260 valence electrons. The number of para-hydroxylation sites is 1. The van der Waals surface area contributed by atoms with Crippen LogP contribution in [0.15, 0.2) is 78.9 Å². The second-order valence-corrected chi connectivity index (χ2v) is 13.8. The number of alkyl halides is 2. The van der Waals surface area contributed by atoms with Gasteiger partial charge >= 0.3 is 0 Å². The van der Waals surface area contributed by atoms with E-state index in [1.165, 1.54) is 94.7 Å². The van der Waals surface area contributed by atoms with Crippen LogP contribution in [0.4, 0.5) is 11.4 Å². The number of carbonyl (C=O) groups excluding carboxylic acids is 3. The summed E-state index contributed by atoms with van der Waals surface area (Å²) in [5.74, 6) is -1.38. The zero-order chi connectivity index (χ0) is 34.6. The van der Waals surface area contributed by atoms with Crippen LogP contribution in [0.5, 0.6) is 5.75 Å². The van der Waals surface area contributed by atoms with Gasteiger partial charge < -0.3 is 15.4 Å². The van der Waals surface area contributed by atoms with E-state index >= 15 is 0 Å². The van der Waals surface area contributed by atoms with E-state index in [2.05, 4.69) is 23.6 Å². The highest BCUT2D eigenvalue weighted by Gasteiger charge is 2.42.